The predicted octanol–water partition coefficient (Wildman–Crippen LogP) is 4.02. The number of carbonyl (C=O) groups excluding carboxylic acids is 3. The largest absolute Gasteiger partial charge is 0.451 e. The first-order valence-corrected chi connectivity index (χ1v) is 9.08. The van der Waals surface area contributed by atoms with Gasteiger partial charge in [0.1, 0.15) is 4.88 Å². The van der Waals surface area contributed by atoms with E-state index < -0.39 is 24.5 Å². The van der Waals surface area contributed by atoms with Crippen LogP contribution in [0.3, 0.4) is 0 Å². The molecule has 0 aliphatic heterocycles. The van der Waals surface area contributed by atoms with E-state index in [1.165, 1.54) is 11.3 Å². The number of fused-ring (bicyclic) bond motifs is 1. The van der Waals surface area contributed by atoms with Crippen LogP contribution < -0.4 is 10.6 Å². The Labute approximate surface area is 160 Å². The van der Waals surface area contributed by atoms with E-state index in [-0.39, 0.29) is 0 Å². The first-order chi connectivity index (χ1) is 12.9. The number of imide groups is 1. The van der Waals surface area contributed by atoms with Crippen LogP contribution in [0.15, 0.2) is 48.5 Å². The van der Waals surface area contributed by atoms with Crippen molar-refractivity contribution < 1.29 is 19.1 Å². The maximum absolute atomic E-state index is 12.1. The second-order valence-corrected chi connectivity index (χ2v) is 7.13. The predicted molar refractivity (Wildman–Crippen MR) is 105 cm³/mol. The molecule has 0 atom stereocenters. The molecule has 6 nitrogen and oxygen atoms in total. The van der Waals surface area contributed by atoms with Gasteiger partial charge in [-0.3, -0.25) is 10.1 Å². The third-order valence-corrected chi connectivity index (χ3v) is 4.94. The number of anilines is 1. The van der Waals surface area contributed by atoms with Gasteiger partial charge in [0.25, 0.3) is 5.91 Å². The van der Waals surface area contributed by atoms with Gasteiger partial charge in [0.05, 0.1) is 0 Å². The number of thiophene rings is 1. The number of rotatable bonds is 4. The minimum absolute atomic E-state index is 0.406. The summed E-state index contributed by atoms with van der Waals surface area (Å²) in [6, 6.07) is 14.1. The van der Waals surface area contributed by atoms with Crippen molar-refractivity contribution in [1.29, 1.82) is 0 Å². The van der Waals surface area contributed by atoms with E-state index in [9.17, 15) is 14.4 Å². The van der Waals surface area contributed by atoms with Crippen LogP contribution in [0, 0.1) is 13.8 Å². The number of esters is 1. The Hall–Kier alpha value is -3.19. The van der Waals surface area contributed by atoms with Crippen LogP contribution in [0.4, 0.5) is 10.5 Å². The van der Waals surface area contributed by atoms with Gasteiger partial charge in [0, 0.05) is 10.4 Å². The third-order valence-electron chi connectivity index (χ3n) is 3.84. The summed E-state index contributed by atoms with van der Waals surface area (Å²) in [5.74, 6) is -1.30. The van der Waals surface area contributed by atoms with Crippen LogP contribution in [0.1, 0.15) is 20.8 Å². The average Bonchev–Trinajstić information content (AvgIpc) is 3.06. The molecule has 0 aliphatic rings. The van der Waals surface area contributed by atoms with Crippen LogP contribution in [0.25, 0.3) is 10.1 Å². The lowest BCUT2D eigenvalue weighted by Crippen LogP contribution is -2.37. The Balaban J connectivity index is 1.51. The molecule has 27 heavy (non-hydrogen) atoms. The molecule has 0 spiro atoms. The summed E-state index contributed by atoms with van der Waals surface area (Å²) in [7, 11) is 0. The van der Waals surface area contributed by atoms with E-state index in [2.05, 4.69) is 10.6 Å². The zero-order chi connectivity index (χ0) is 19.4. The minimum atomic E-state index is -0.702. The van der Waals surface area contributed by atoms with E-state index in [0.717, 1.165) is 21.2 Å². The van der Waals surface area contributed by atoms with Gasteiger partial charge in [-0.15, -0.1) is 11.3 Å². The highest BCUT2D eigenvalue weighted by Crippen LogP contribution is 2.25. The quantitative estimate of drug-likeness (QED) is 0.668. The van der Waals surface area contributed by atoms with Gasteiger partial charge in [-0.05, 0) is 43.0 Å². The zero-order valence-electron chi connectivity index (χ0n) is 14.9. The molecular weight excluding hydrogens is 364 g/mol. The van der Waals surface area contributed by atoms with Gasteiger partial charge in [0.2, 0.25) is 0 Å². The first kappa shape index (κ1) is 18.6. The maximum Gasteiger partial charge on any atom is 0.348 e. The van der Waals surface area contributed by atoms with E-state index in [1.807, 2.05) is 50.2 Å². The van der Waals surface area contributed by atoms with Gasteiger partial charge in [-0.1, -0.05) is 35.9 Å². The number of amides is 3. The topological polar surface area (TPSA) is 84.5 Å². The standard InChI is InChI=1S/C20H18N2O4S/c1-12-7-8-15(13(2)9-12)21-20(25)22-18(23)11-26-19(24)17-10-14-5-3-4-6-16(14)27-17/h3-10H,11H2,1-2H3,(H2,21,22,23,25). The SMILES string of the molecule is Cc1ccc(NC(=O)NC(=O)COC(=O)c2cc3ccccc3s2)c(C)c1. The van der Waals surface area contributed by atoms with Crippen LogP contribution in [0.5, 0.6) is 0 Å². The number of hydrogen-bond acceptors (Lipinski definition) is 5. The van der Waals surface area contributed by atoms with Gasteiger partial charge >= 0.3 is 12.0 Å². The Morgan fingerprint density at radius 1 is 1.04 bits per heavy atom. The second-order valence-electron chi connectivity index (χ2n) is 6.05. The fraction of sp³-hybridized carbons (Fsp3) is 0.150. The Kier molecular flexibility index (Phi) is 5.52. The molecular formula is C20H18N2O4S. The van der Waals surface area contributed by atoms with Gasteiger partial charge in [-0.2, -0.15) is 0 Å². The summed E-state index contributed by atoms with van der Waals surface area (Å²) < 4.78 is 5.95. The van der Waals surface area contributed by atoms with Crippen LogP contribution in [-0.4, -0.2) is 24.5 Å². The highest BCUT2D eigenvalue weighted by atomic mass is 32.1. The molecule has 0 aliphatic carbocycles. The van der Waals surface area contributed by atoms with Crippen molar-refractivity contribution in [3.63, 3.8) is 0 Å². The molecule has 0 unspecified atom stereocenters. The van der Waals surface area contributed by atoms with Crippen molar-refractivity contribution in [2.45, 2.75) is 13.8 Å². The Morgan fingerprint density at radius 3 is 2.56 bits per heavy atom. The van der Waals surface area contributed by atoms with Crippen LogP contribution in [-0.2, 0) is 9.53 Å². The number of nitrogens with one attached hydrogen (secondary N) is 2. The summed E-state index contributed by atoms with van der Waals surface area (Å²) in [6.45, 7) is 3.27. The lowest BCUT2D eigenvalue weighted by atomic mass is 10.1. The fourth-order valence-corrected chi connectivity index (χ4v) is 3.51. The number of benzene rings is 2. The highest BCUT2D eigenvalue weighted by molar-refractivity contribution is 7.20. The molecule has 0 radical (unpaired) electrons. The van der Waals surface area contributed by atoms with Crippen molar-refractivity contribution in [1.82, 2.24) is 5.32 Å². The number of aryl methyl sites for hydroxylation is 2. The lowest BCUT2D eigenvalue weighted by molar-refractivity contribution is -0.123. The summed E-state index contributed by atoms with van der Waals surface area (Å²) >= 11 is 1.29. The number of ether oxygens (including phenoxy) is 1. The normalized spacial score (nSPS) is 10.4. The molecule has 0 saturated carbocycles. The lowest BCUT2D eigenvalue weighted by Gasteiger charge is -2.10. The van der Waals surface area contributed by atoms with Gasteiger partial charge in [-0.25, -0.2) is 9.59 Å². The molecule has 1 aromatic heterocycles. The van der Waals surface area contributed by atoms with Gasteiger partial charge < -0.3 is 10.1 Å². The molecule has 1 heterocycles. The second kappa shape index (κ2) is 8.01. The Morgan fingerprint density at radius 2 is 1.81 bits per heavy atom. The highest BCUT2D eigenvalue weighted by Gasteiger charge is 2.15. The molecule has 0 saturated heterocycles. The van der Waals surface area contributed by atoms with E-state index >= 15 is 0 Å². The molecule has 3 amide bonds. The monoisotopic (exact) mass is 382 g/mol. The smallest absolute Gasteiger partial charge is 0.348 e. The summed E-state index contributed by atoms with van der Waals surface area (Å²) in [4.78, 5) is 36.2. The van der Waals surface area contributed by atoms with Crippen molar-refractivity contribution in [3.8, 4) is 0 Å². The van der Waals surface area contributed by atoms with Crippen molar-refractivity contribution in [2.24, 2.45) is 0 Å². The molecule has 7 heteroatoms. The average molecular weight is 382 g/mol. The zero-order valence-corrected chi connectivity index (χ0v) is 15.7. The third kappa shape index (κ3) is 4.71. The number of carbonyl (C=O) groups is 3. The van der Waals surface area contributed by atoms with E-state index in [1.54, 1.807) is 12.1 Å². The van der Waals surface area contributed by atoms with Crippen LogP contribution >= 0.6 is 11.3 Å². The molecule has 138 valence electrons. The summed E-state index contributed by atoms with van der Waals surface area (Å²) in [5, 5.41) is 5.67. The Bertz CT molecular complexity index is 993. The molecule has 0 fully saturated rings. The van der Waals surface area contributed by atoms with E-state index in [4.69, 9.17) is 4.74 Å². The summed E-state index contributed by atoms with van der Waals surface area (Å²) in [5.41, 5.74) is 2.56. The molecule has 2 N–H and O–H groups in total. The molecule has 3 rings (SSSR count). The van der Waals surface area contributed by atoms with Crippen molar-refractivity contribution in [3.05, 3.63) is 64.5 Å². The maximum atomic E-state index is 12.1. The van der Waals surface area contributed by atoms with Crippen LogP contribution in [0.2, 0.25) is 0 Å². The van der Waals surface area contributed by atoms with Crippen molar-refractivity contribution in [2.75, 3.05) is 11.9 Å². The number of urea groups is 1. The summed E-state index contributed by atoms with van der Waals surface area (Å²) in [6.07, 6.45) is 0. The van der Waals surface area contributed by atoms with E-state index in [0.29, 0.717) is 10.6 Å². The molecule has 0 bridgehead atoms. The number of hydrogen-bond donors (Lipinski definition) is 2. The molecule has 2 aromatic carbocycles. The van der Waals surface area contributed by atoms with Gasteiger partial charge in [0.15, 0.2) is 6.61 Å². The van der Waals surface area contributed by atoms with Crippen molar-refractivity contribution >= 4 is 45.0 Å². The fourth-order valence-electron chi connectivity index (χ4n) is 2.55. The minimum Gasteiger partial charge on any atom is -0.451 e. The molecule has 3 aromatic rings. The first-order valence-electron chi connectivity index (χ1n) is 8.26.